The fourth-order valence-electron chi connectivity index (χ4n) is 4.25. The van der Waals surface area contributed by atoms with Crippen LogP contribution in [0, 0.1) is 0 Å². The Morgan fingerprint density at radius 1 is 0.674 bits per heavy atom. The van der Waals surface area contributed by atoms with Crippen LogP contribution < -0.4 is 0 Å². The summed E-state index contributed by atoms with van der Waals surface area (Å²) in [5, 5.41) is 0. The first-order valence-electron chi connectivity index (χ1n) is 13.4. The van der Waals surface area contributed by atoms with Crippen LogP contribution in [0.15, 0.2) is 95.9 Å². The van der Waals surface area contributed by atoms with Gasteiger partial charge in [-0.15, -0.1) is 0 Å². The van der Waals surface area contributed by atoms with Crippen LogP contribution in [0.25, 0.3) is 0 Å². The third kappa shape index (κ3) is 8.52. The van der Waals surface area contributed by atoms with Crippen molar-refractivity contribution in [2.24, 2.45) is 0 Å². The third-order valence-electron chi connectivity index (χ3n) is 6.38. The molecular weight excluding hydrogens is 576 g/mol. The Labute approximate surface area is 252 Å². The Hall–Kier alpha value is -4.48. The normalized spacial score (nSPS) is 21.2. The maximum absolute atomic E-state index is 13.4. The molecule has 1 saturated heterocycles. The topological polar surface area (TPSA) is 132 Å². The molecule has 0 bridgehead atoms. The van der Waals surface area contributed by atoms with Gasteiger partial charge >= 0.3 is 23.9 Å². The SMILES string of the molecule is COC(=O)[C@H]1O[C@@H](Sc2ccccc2)[C@H](OC(=O)c2ccccc2)[C@@H](OC(=O)c2ccccc2)[C@@H]1OC(=O)CCC(C)=O. The second kappa shape index (κ2) is 15.1. The smallest absolute Gasteiger partial charge is 0.339 e. The van der Waals surface area contributed by atoms with E-state index in [0.717, 1.165) is 18.9 Å². The zero-order chi connectivity index (χ0) is 30.8. The van der Waals surface area contributed by atoms with Crippen molar-refractivity contribution in [1.82, 2.24) is 0 Å². The molecule has 1 fully saturated rings. The molecule has 10 nitrogen and oxygen atoms in total. The lowest BCUT2D eigenvalue weighted by molar-refractivity contribution is -0.222. The average Bonchev–Trinajstić information content (AvgIpc) is 3.03. The molecule has 3 aromatic carbocycles. The van der Waals surface area contributed by atoms with Crippen molar-refractivity contribution in [2.75, 3.05) is 7.11 Å². The first-order chi connectivity index (χ1) is 20.8. The standard InChI is InChI=1S/C32H30O10S/c1-20(33)18-19-24(34)39-25-26(40-29(35)21-12-6-3-7-13-21)28(41-30(36)22-14-8-4-9-15-22)32(42-27(25)31(37)38-2)43-23-16-10-5-11-17-23/h3-17,25-28,32H,18-19H2,1-2H3/t25-,26-,27-,28+,32-/m0/s1. The molecule has 0 aliphatic carbocycles. The van der Waals surface area contributed by atoms with Crippen molar-refractivity contribution >= 4 is 41.4 Å². The van der Waals surface area contributed by atoms with Crippen LogP contribution in [0.1, 0.15) is 40.5 Å². The summed E-state index contributed by atoms with van der Waals surface area (Å²) in [6, 6.07) is 25.2. The molecule has 0 spiro atoms. The molecule has 0 saturated carbocycles. The molecule has 0 radical (unpaired) electrons. The molecule has 0 unspecified atom stereocenters. The zero-order valence-electron chi connectivity index (χ0n) is 23.5. The Bertz CT molecular complexity index is 1410. The molecule has 11 heteroatoms. The first kappa shape index (κ1) is 31.5. The predicted molar refractivity (Wildman–Crippen MR) is 154 cm³/mol. The number of hydrogen-bond acceptors (Lipinski definition) is 11. The maximum Gasteiger partial charge on any atom is 0.339 e. The van der Waals surface area contributed by atoms with Crippen LogP contribution in [0.5, 0.6) is 0 Å². The highest BCUT2D eigenvalue weighted by Crippen LogP contribution is 2.38. The van der Waals surface area contributed by atoms with Crippen molar-refractivity contribution in [3.8, 4) is 0 Å². The summed E-state index contributed by atoms with van der Waals surface area (Å²) in [6.45, 7) is 1.32. The van der Waals surface area contributed by atoms with Gasteiger partial charge in [-0.25, -0.2) is 14.4 Å². The Morgan fingerprint density at radius 2 is 1.19 bits per heavy atom. The number of Topliss-reactive ketones (excluding diaryl/α,β-unsaturated/α-hetero) is 1. The second-order valence-corrected chi connectivity index (χ2v) is 10.7. The number of carbonyl (C=O) groups excluding carboxylic acids is 5. The number of thioether (sulfide) groups is 1. The number of ketones is 1. The number of hydrogen-bond donors (Lipinski definition) is 0. The van der Waals surface area contributed by atoms with E-state index >= 15 is 0 Å². The first-order valence-corrected chi connectivity index (χ1v) is 14.3. The lowest BCUT2D eigenvalue weighted by Gasteiger charge is -2.43. The highest BCUT2D eigenvalue weighted by molar-refractivity contribution is 7.99. The van der Waals surface area contributed by atoms with Gasteiger partial charge in [-0.2, -0.15) is 0 Å². The fourth-order valence-corrected chi connectivity index (χ4v) is 5.36. The van der Waals surface area contributed by atoms with E-state index in [-0.39, 0.29) is 29.8 Å². The van der Waals surface area contributed by atoms with E-state index in [1.165, 1.54) is 19.1 Å². The Balaban J connectivity index is 1.77. The number of esters is 4. The van der Waals surface area contributed by atoms with Crippen molar-refractivity contribution in [2.45, 2.75) is 54.5 Å². The molecule has 0 aromatic heterocycles. The molecule has 0 amide bonds. The van der Waals surface area contributed by atoms with E-state index in [0.29, 0.717) is 4.90 Å². The number of carbonyl (C=O) groups is 5. The van der Waals surface area contributed by atoms with Crippen LogP contribution in [-0.4, -0.2) is 66.6 Å². The van der Waals surface area contributed by atoms with E-state index in [2.05, 4.69) is 0 Å². The predicted octanol–water partition coefficient (Wildman–Crippen LogP) is 4.41. The van der Waals surface area contributed by atoms with Crippen molar-refractivity contribution in [3.63, 3.8) is 0 Å². The van der Waals surface area contributed by atoms with Crippen LogP contribution in [-0.2, 0) is 38.1 Å². The monoisotopic (exact) mass is 606 g/mol. The van der Waals surface area contributed by atoms with Crippen LogP contribution in [0.2, 0.25) is 0 Å². The van der Waals surface area contributed by atoms with Gasteiger partial charge < -0.3 is 28.5 Å². The zero-order valence-corrected chi connectivity index (χ0v) is 24.3. The third-order valence-corrected chi connectivity index (χ3v) is 7.53. The Kier molecular flexibility index (Phi) is 11.1. The van der Waals surface area contributed by atoms with Gasteiger partial charge in [0.2, 0.25) is 0 Å². The lowest BCUT2D eigenvalue weighted by Crippen LogP contribution is -2.62. The van der Waals surface area contributed by atoms with Gasteiger partial charge in [-0.05, 0) is 43.3 Å². The molecule has 224 valence electrons. The molecule has 4 rings (SSSR count). The molecule has 1 heterocycles. The maximum atomic E-state index is 13.4. The van der Waals surface area contributed by atoms with Crippen molar-refractivity contribution < 1.29 is 47.7 Å². The number of methoxy groups -OCH3 is 1. The van der Waals surface area contributed by atoms with E-state index < -0.39 is 53.7 Å². The highest BCUT2D eigenvalue weighted by atomic mass is 32.2. The second-order valence-electron chi connectivity index (χ2n) is 9.51. The van der Waals surface area contributed by atoms with E-state index in [1.54, 1.807) is 72.8 Å². The van der Waals surface area contributed by atoms with Crippen molar-refractivity contribution in [1.29, 1.82) is 0 Å². The van der Waals surface area contributed by atoms with Gasteiger partial charge in [0.15, 0.2) is 24.4 Å². The van der Waals surface area contributed by atoms with Gasteiger partial charge in [-0.3, -0.25) is 4.79 Å². The van der Waals surface area contributed by atoms with Crippen LogP contribution in [0.4, 0.5) is 0 Å². The summed E-state index contributed by atoms with van der Waals surface area (Å²) in [4.78, 5) is 64.8. The van der Waals surface area contributed by atoms with Gasteiger partial charge in [0.05, 0.1) is 24.7 Å². The van der Waals surface area contributed by atoms with Gasteiger partial charge in [0.1, 0.15) is 11.2 Å². The molecular formula is C32H30O10S. The van der Waals surface area contributed by atoms with Gasteiger partial charge in [0, 0.05) is 11.3 Å². The molecule has 0 N–H and O–H groups in total. The van der Waals surface area contributed by atoms with E-state index in [1.807, 2.05) is 6.07 Å². The molecule has 1 aliphatic heterocycles. The van der Waals surface area contributed by atoms with Crippen LogP contribution in [0.3, 0.4) is 0 Å². The summed E-state index contributed by atoms with van der Waals surface area (Å²) in [6.07, 6.45) is -6.43. The summed E-state index contributed by atoms with van der Waals surface area (Å²) < 4.78 is 28.5. The molecule has 3 aromatic rings. The summed E-state index contributed by atoms with van der Waals surface area (Å²) in [5.74, 6) is -3.57. The number of rotatable bonds is 11. The van der Waals surface area contributed by atoms with Gasteiger partial charge in [-0.1, -0.05) is 66.4 Å². The minimum Gasteiger partial charge on any atom is -0.467 e. The van der Waals surface area contributed by atoms with Gasteiger partial charge in [0.25, 0.3) is 0 Å². The molecule has 5 atom stereocenters. The van der Waals surface area contributed by atoms with E-state index in [4.69, 9.17) is 23.7 Å². The molecule has 1 aliphatic rings. The number of benzene rings is 3. The largest absolute Gasteiger partial charge is 0.467 e. The summed E-state index contributed by atoms with van der Waals surface area (Å²) >= 11 is 1.12. The van der Waals surface area contributed by atoms with Crippen molar-refractivity contribution in [3.05, 3.63) is 102 Å². The summed E-state index contributed by atoms with van der Waals surface area (Å²) in [7, 11) is 1.13. The Morgan fingerprint density at radius 3 is 1.70 bits per heavy atom. The quantitative estimate of drug-likeness (QED) is 0.227. The van der Waals surface area contributed by atoms with E-state index in [9.17, 15) is 24.0 Å². The van der Waals surface area contributed by atoms with Crippen LogP contribution >= 0.6 is 11.8 Å². The lowest BCUT2D eigenvalue weighted by atomic mass is 9.98. The highest BCUT2D eigenvalue weighted by Gasteiger charge is 2.55. The minimum atomic E-state index is -1.58. The summed E-state index contributed by atoms with van der Waals surface area (Å²) in [5.41, 5.74) is -0.727. The number of ether oxygens (including phenoxy) is 5. The fraction of sp³-hybridized carbons (Fsp3) is 0.281. The molecule has 43 heavy (non-hydrogen) atoms. The minimum absolute atomic E-state index is 0.108. The average molecular weight is 607 g/mol.